The zero-order chi connectivity index (χ0) is 11.3. The summed E-state index contributed by atoms with van der Waals surface area (Å²) in [7, 11) is 5.01. The maximum absolute atomic E-state index is 11.8. The molecule has 0 bridgehead atoms. The van der Waals surface area contributed by atoms with Gasteiger partial charge in [0.15, 0.2) is 6.04 Å². The molecule has 0 radical (unpaired) electrons. The molecule has 2 unspecified atom stereocenters. The molecule has 1 saturated heterocycles. The van der Waals surface area contributed by atoms with Crippen molar-refractivity contribution in [2.24, 2.45) is 4.99 Å². The second-order valence-corrected chi connectivity index (χ2v) is 3.94. The number of carbonyl (C=O) groups excluding carboxylic acids is 2. The Labute approximate surface area is 88.1 Å². The second-order valence-electron chi connectivity index (χ2n) is 3.94. The summed E-state index contributed by atoms with van der Waals surface area (Å²) >= 11 is 0. The minimum Gasteiger partial charge on any atom is -0.341 e. The van der Waals surface area contributed by atoms with E-state index in [0.29, 0.717) is 0 Å². The van der Waals surface area contributed by atoms with Crippen LogP contribution in [0.1, 0.15) is 6.92 Å². The number of imide groups is 1. The molecule has 0 saturated carbocycles. The summed E-state index contributed by atoms with van der Waals surface area (Å²) in [5.41, 5.74) is 0. The van der Waals surface area contributed by atoms with E-state index >= 15 is 0 Å². The van der Waals surface area contributed by atoms with Crippen molar-refractivity contribution in [2.75, 3.05) is 21.1 Å². The number of carbonyl (C=O) groups is 2. The topological polar surface area (TPSA) is 56.2 Å². The van der Waals surface area contributed by atoms with Crippen LogP contribution in [-0.4, -0.2) is 65.8 Å². The van der Waals surface area contributed by atoms with Gasteiger partial charge in [-0.3, -0.25) is 14.7 Å². The van der Waals surface area contributed by atoms with Crippen molar-refractivity contribution in [2.45, 2.75) is 19.1 Å². The molecule has 2 atom stereocenters. The van der Waals surface area contributed by atoms with Crippen LogP contribution < -0.4 is 0 Å². The van der Waals surface area contributed by atoms with Gasteiger partial charge < -0.3 is 9.80 Å². The van der Waals surface area contributed by atoms with E-state index in [0.717, 1.165) is 10.7 Å². The summed E-state index contributed by atoms with van der Waals surface area (Å²) in [6.45, 7) is 1.84. The van der Waals surface area contributed by atoms with Crippen LogP contribution in [-0.2, 0) is 4.79 Å². The largest absolute Gasteiger partial charge is 0.341 e. The van der Waals surface area contributed by atoms with Gasteiger partial charge in [0.05, 0.1) is 5.84 Å². The van der Waals surface area contributed by atoms with Crippen molar-refractivity contribution >= 4 is 17.8 Å². The molecule has 2 rings (SSSR count). The highest BCUT2D eigenvalue weighted by molar-refractivity contribution is 6.03. The minimum atomic E-state index is -0.470. The highest BCUT2D eigenvalue weighted by Gasteiger charge is 2.48. The third-order valence-corrected chi connectivity index (χ3v) is 3.08. The number of urea groups is 1. The number of amides is 3. The molecular weight excluding hydrogens is 196 g/mol. The second kappa shape index (κ2) is 2.95. The Morgan fingerprint density at radius 2 is 1.73 bits per heavy atom. The lowest BCUT2D eigenvalue weighted by Gasteiger charge is -2.40. The fourth-order valence-corrected chi connectivity index (χ4v) is 2.06. The van der Waals surface area contributed by atoms with Crippen molar-refractivity contribution in [3.63, 3.8) is 0 Å². The van der Waals surface area contributed by atoms with Gasteiger partial charge >= 0.3 is 6.03 Å². The lowest BCUT2D eigenvalue weighted by atomic mass is 10.1. The first-order valence-electron chi connectivity index (χ1n) is 4.76. The molecule has 0 aliphatic carbocycles. The van der Waals surface area contributed by atoms with Gasteiger partial charge in [0.25, 0.3) is 5.91 Å². The zero-order valence-electron chi connectivity index (χ0n) is 9.26. The van der Waals surface area contributed by atoms with Gasteiger partial charge in [-0.05, 0) is 6.92 Å². The number of rotatable bonds is 0. The minimum absolute atomic E-state index is 0.230. The maximum atomic E-state index is 11.8. The Kier molecular flexibility index (Phi) is 1.95. The molecule has 3 amide bonds. The van der Waals surface area contributed by atoms with Crippen molar-refractivity contribution in [3.8, 4) is 0 Å². The fraction of sp³-hybridized carbons (Fsp3) is 0.667. The van der Waals surface area contributed by atoms with Crippen molar-refractivity contribution < 1.29 is 9.59 Å². The van der Waals surface area contributed by atoms with Gasteiger partial charge in [0, 0.05) is 21.1 Å². The summed E-state index contributed by atoms with van der Waals surface area (Å²) in [6.07, 6.45) is -0.263. The van der Waals surface area contributed by atoms with Crippen LogP contribution in [0.3, 0.4) is 0 Å². The molecule has 0 aromatic heterocycles. The molecule has 0 aromatic rings. The molecule has 0 spiro atoms. The molecule has 15 heavy (non-hydrogen) atoms. The average Bonchev–Trinajstić information content (AvgIpc) is 2.50. The molecule has 0 aromatic carbocycles. The normalized spacial score (nSPS) is 30.9. The predicted molar refractivity (Wildman–Crippen MR) is 54.4 cm³/mol. The molecule has 6 nitrogen and oxygen atoms in total. The Balaban J connectivity index is 2.39. The van der Waals surface area contributed by atoms with Crippen LogP contribution >= 0.6 is 0 Å². The van der Waals surface area contributed by atoms with Crippen molar-refractivity contribution in [3.05, 3.63) is 0 Å². The first-order valence-corrected chi connectivity index (χ1v) is 4.76. The molecule has 2 aliphatic heterocycles. The van der Waals surface area contributed by atoms with Crippen molar-refractivity contribution in [1.82, 2.24) is 14.7 Å². The maximum Gasteiger partial charge on any atom is 0.327 e. The summed E-state index contributed by atoms with van der Waals surface area (Å²) in [5, 5.41) is 0. The van der Waals surface area contributed by atoms with Crippen LogP contribution in [0.4, 0.5) is 4.79 Å². The molecule has 2 aliphatic rings. The predicted octanol–water partition coefficient (Wildman–Crippen LogP) is -0.431. The Hall–Kier alpha value is -1.59. The standard InChI is InChI=1S/C9H14N4O2/c1-5-10-6-7(11(5)2)12(3)9(15)13(4)8(6)14/h6-7H,1-4H3. The summed E-state index contributed by atoms with van der Waals surface area (Å²) in [4.78, 5) is 32.3. The van der Waals surface area contributed by atoms with Gasteiger partial charge in [-0.2, -0.15) is 0 Å². The number of hydrogen-bond donors (Lipinski definition) is 0. The zero-order valence-corrected chi connectivity index (χ0v) is 9.26. The number of fused-ring (bicyclic) bond motifs is 1. The fourth-order valence-electron chi connectivity index (χ4n) is 2.06. The lowest BCUT2D eigenvalue weighted by Crippen LogP contribution is -2.63. The molecule has 2 heterocycles. The monoisotopic (exact) mass is 210 g/mol. The Bertz CT molecular complexity index is 365. The number of amidine groups is 1. The van der Waals surface area contributed by atoms with Crippen LogP contribution in [0, 0.1) is 0 Å². The van der Waals surface area contributed by atoms with Crippen molar-refractivity contribution in [1.29, 1.82) is 0 Å². The summed E-state index contributed by atoms with van der Waals surface area (Å²) in [5.74, 6) is 0.556. The first-order chi connectivity index (χ1) is 6.95. The Morgan fingerprint density at radius 3 is 2.33 bits per heavy atom. The SMILES string of the molecule is CC1=NC2C(=O)N(C)C(=O)N(C)C2N1C. The highest BCUT2D eigenvalue weighted by atomic mass is 16.2. The van der Waals surface area contributed by atoms with Gasteiger partial charge in [0.1, 0.15) is 6.17 Å². The molecule has 1 fully saturated rings. The van der Waals surface area contributed by atoms with E-state index in [1.54, 1.807) is 11.9 Å². The van der Waals surface area contributed by atoms with Crippen LogP contribution in [0.2, 0.25) is 0 Å². The number of likely N-dealkylation sites (N-methyl/N-ethyl adjacent to an activating group) is 3. The van der Waals surface area contributed by atoms with E-state index in [2.05, 4.69) is 4.99 Å². The lowest BCUT2D eigenvalue weighted by molar-refractivity contribution is -0.133. The number of nitrogens with zero attached hydrogens (tertiary/aromatic N) is 4. The van der Waals surface area contributed by atoms with Gasteiger partial charge in [0.2, 0.25) is 0 Å². The van der Waals surface area contributed by atoms with Crippen LogP contribution in [0.25, 0.3) is 0 Å². The highest BCUT2D eigenvalue weighted by Crippen LogP contribution is 2.25. The molecule has 0 N–H and O–H groups in total. The number of aliphatic imine (C=N–C) groups is 1. The molecular formula is C9H14N4O2. The van der Waals surface area contributed by atoms with Gasteiger partial charge in [-0.15, -0.1) is 0 Å². The average molecular weight is 210 g/mol. The van der Waals surface area contributed by atoms with E-state index in [1.807, 2.05) is 18.9 Å². The summed E-state index contributed by atoms with van der Waals surface area (Å²) < 4.78 is 0. The smallest absolute Gasteiger partial charge is 0.327 e. The third kappa shape index (κ3) is 1.14. The van der Waals surface area contributed by atoms with Crippen LogP contribution in [0.15, 0.2) is 4.99 Å². The quantitative estimate of drug-likeness (QED) is 0.545. The van der Waals surface area contributed by atoms with Crippen LogP contribution in [0.5, 0.6) is 0 Å². The van der Waals surface area contributed by atoms with Gasteiger partial charge in [-0.1, -0.05) is 0 Å². The summed E-state index contributed by atoms with van der Waals surface area (Å²) in [6, 6.07) is -0.749. The third-order valence-electron chi connectivity index (χ3n) is 3.08. The van der Waals surface area contributed by atoms with E-state index < -0.39 is 6.04 Å². The Morgan fingerprint density at radius 1 is 1.13 bits per heavy atom. The molecule has 82 valence electrons. The van der Waals surface area contributed by atoms with E-state index in [-0.39, 0.29) is 18.1 Å². The first kappa shape index (κ1) is 9.95. The number of hydrogen-bond acceptors (Lipinski definition) is 4. The van der Waals surface area contributed by atoms with Gasteiger partial charge in [-0.25, -0.2) is 4.79 Å². The van der Waals surface area contributed by atoms with E-state index in [4.69, 9.17) is 0 Å². The van der Waals surface area contributed by atoms with E-state index in [1.165, 1.54) is 7.05 Å². The van der Waals surface area contributed by atoms with E-state index in [9.17, 15) is 9.59 Å². The molecule has 6 heteroatoms.